The van der Waals surface area contributed by atoms with Gasteiger partial charge in [-0.15, -0.1) is 0 Å². The van der Waals surface area contributed by atoms with Gasteiger partial charge in [0.05, 0.1) is 6.61 Å². The molecule has 0 aromatic carbocycles. The summed E-state index contributed by atoms with van der Waals surface area (Å²) in [4.78, 5) is 0. The van der Waals surface area contributed by atoms with Crippen LogP contribution in [-0.2, 0) is 4.74 Å². The Morgan fingerprint density at radius 3 is 3.08 bits per heavy atom. The second-order valence-electron chi connectivity index (χ2n) is 3.64. The van der Waals surface area contributed by atoms with Gasteiger partial charge in [-0.05, 0) is 31.7 Å². The van der Waals surface area contributed by atoms with Crippen molar-refractivity contribution >= 4 is 0 Å². The Kier molecular flexibility index (Phi) is 5.37. The van der Waals surface area contributed by atoms with E-state index in [1.807, 2.05) is 0 Å². The Morgan fingerprint density at radius 2 is 2.42 bits per heavy atom. The summed E-state index contributed by atoms with van der Waals surface area (Å²) in [5, 5.41) is 3.40. The normalized spacial score (nSPS) is 24.2. The monoisotopic (exact) mass is 171 g/mol. The molecule has 1 saturated heterocycles. The highest BCUT2D eigenvalue weighted by Gasteiger charge is 2.12. The molecule has 1 atom stereocenters. The molecule has 72 valence electrons. The van der Waals surface area contributed by atoms with Gasteiger partial charge in [0.15, 0.2) is 0 Å². The molecule has 0 bridgehead atoms. The maximum atomic E-state index is 5.57. The first kappa shape index (κ1) is 10.0. The molecule has 0 unspecified atom stereocenters. The highest BCUT2D eigenvalue weighted by Crippen LogP contribution is 2.09. The van der Waals surface area contributed by atoms with Gasteiger partial charge in [-0.25, -0.2) is 0 Å². The Labute approximate surface area is 75.7 Å². The van der Waals surface area contributed by atoms with Crippen LogP contribution in [0.4, 0.5) is 0 Å². The zero-order valence-electron chi connectivity index (χ0n) is 8.14. The van der Waals surface area contributed by atoms with E-state index in [1.54, 1.807) is 0 Å². The summed E-state index contributed by atoms with van der Waals surface area (Å²) < 4.78 is 5.57. The van der Waals surface area contributed by atoms with Crippen molar-refractivity contribution in [1.82, 2.24) is 5.32 Å². The van der Waals surface area contributed by atoms with E-state index in [4.69, 9.17) is 4.74 Å². The van der Waals surface area contributed by atoms with Gasteiger partial charge in [0.2, 0.25) is 0 Å². The van der Waals surface area contributed by atoms with E-state index >= 15 is 0 Å². The lowest BCUT2D eigenvalue weighted by Gasteiger charge is -2.22. The van der Waals surface area contributed by atoms with E-state index < -0.39 is 0 Å². The van der Waals surface area contributed by atoms with Crippen LogP contribution in [0, 0.1) is 5.92 Å². The number of unbranched alkanes of at least 4 members (excludes halogenated alkanes) is 1. The number of hydrogen-bond acceptors (Lipinski definition) is 2. The van der Waals surface area contributed by atoms with Crippen molar-refractivity contribution in [3.63, 3.8) is 0 Å². The average molecular weight is 171 g/mol. The van der Waals surface area contributed by atoms with Crippen LogP contribution in [0.25, 0.3) is 0 Å². The summed E-state index contributed by atoms with van der Waals surface area (Å²) in [7, 11) is 0. The molecule has 0 amide bonds. The molecule has 1 heterocycles. The summed E-state index contributed by atoms with van der Waals surface area (Å²) in [6.45, 7) is 6.48. The third-order valence-electron chi connectivity index (χ3n) is 2.39. The lowest BCUT2D eigenvalue weighted by Crippen LogP contribution is -2.32. The molecule has 1 aliphatic rings. The van der Waals surface area contributed by atoms with Crippen LogP contribution < -0.4 is 5.32 Å². The van der Waals surface area contributed by atoms with E-state index in [0.29, 0.717) is 0 Å². The van der Waals surface area contributed by atoms with Crippen molar-refractivity contribution in [3.8, 4) is 0 Å². The predicted octanol–water partition coefficient (Wildman–Crippen LogP) is 1.80. The SMILES string of the molecule is CCCCOC[C@H]1CCCNC1. The number of rotatable bonds is 5. The quantitative estimate of drug-likeness (QED) is 0.637. The first-order chi connectivity index (χ1) is 5.93. The minimum absolute atomic E-state index is 0.774. The molecule has 1 N–H and O–H groups in total. The van der Waals surface area contributed by atoms with Crippen LogP contribution in [0.1, 0.15) is 32.6 Å². The Hall–Kier alpha value is -0.0800. The molecule has 0 spiro atoms. The third kappa shape index (κ3) is 4.07. The van der Waals surface area contributed by atoms with Crippen LogP contribution in [0.15, 0.2) is 0 Å². The van der Waals surface area contributed by atoms with Crippen LogP contribution in [-0.4, -0.2) is 26.3 Å². The summed E-state index contributed by atoms with van der Waals surface area (Å²) in [6.07, 6.45) is 5.12. The highest BCUT2D eigenvalue weighted by atomic mass is 16.5. The maximum absolute atomic E-state index is 5.57. The minimum atomic E-state index is 0.774. The van der Waals surface area contributed by atoms with Gasteiger partial charge in [-0.1, -0.05) is 13.3 Å². The Morgan fingerprint density at radius 1 is 1.50 bits per heavy atom. The molecule has 0 aromatic rings. The van der Waals surface area contributed by atoms with E-state index in [1.165, 1.54) is 32.2 Å². The fourth-order valence-corrected chi connectivity index (χ4v) is 1.56. The number of piperidine rings is 1. The standard InChI is InChI=1S/C10H21NO/c1-2-3-7-12-9-10-5-4-6-11-8-10/h10-11H,2-9H2,1H3/t10-/m0/s1. The number of hydrogen-bond donors (Lipinski definition) is 1. The number of nitrogens with one attached hydrogen (secondary N) is 1. The van der Waals surface area contributed by atoms with Crippen molar-refractivity contribution in [2.45, 2.75) is 32.6 Å². The molecule has 0 radical (unpaired) electrons. The van der Waals surface area contributed by atoms with Crippen LogP contribution in [0.3, 0.4) is 0 Å². The van der Waals surface area contributed by atoms with Gasteiger partial charge >= 0.3 is 0 Å². The molecule has 1 rings (SSSR count). The summed E-state index contributed by atoms with van der Waals surface area (Å²) >= 11 is 0. The molecule has 2 heteroatoms. The van der Waals surface area contributed by atoms with Gasteiger partial charge in [0.1, 0.15) is 0 Å². The van der Waals surface area contributed by atoms with E-state index in [-0.39, 0.29) is 0 Å². The lowest BCUT2D eigenvalue weighted by atomic mass is 10.0. The van der Waals surface area contributed by atoms with Crippen LogP contribution >= 0.6 is 0 Å². The van der Waals surface area contributed by atoms with Gasteiger partial charge in [0.25, 0.3) is 0 Å². The largest absolute Gasteiger partial charge is 0.381 e. The number of ether oxygens (including phenoxy) is 1. The molecule has 12 heavy (non-hydrogen) atoms. The van der Waals surface area contributed by atoms with Gasteiger partial charge in [-0.2, -0.15) is 0 Å². The predicted molar refractivity (Wildman–Crippen MR) is 51.3 cm³/mol. The topological polar surface area (TPSA) is 21.3 Å². The third-order valence-corrected chi connectivity index (χ3v) is 2.39. The van der Waals surface area contributed by atoms with Crippen LogP contribution in [0.5, 0.6) is 0 Å². The highest BCUT2D eigenvalue weighted by molar-refractivity contribution is 4.67. The average Bonchev–Trinajstić information content (AvgIpc) is 2.14. The molecule has 1 fully saturated rings. The lowest BCUT2D eigenvalue weighted by molar-refractivity contribution is 0.0878. The summed E-state index contributed by atoms with van der Waals surface area (Å²) in [6, 6.07) is 0. The summed E-state index contributed by atoms with van der Waals surface area (Å²) in [5.74, 6) is 0.774. The molecular formula is C10H21NO. The second kappa shape index (κ2) is 6.44. The zero-order valence-corrected chi connectivity index (χ0v) is 8.14. The minimum Gasteiger partial charge on any atom is -0.381 e. The fourth-order valence-electron chi connectivity index (χ4n) is 1.56. The first-order valence-corrected chi connectivity index (χ1v) is 5.22. The van der Waals surface area contributed by atoms with E-state index in [0.717, 1.165) is 25.7 Å². The van der Waals surface area contributed by atoms with E-state index in [9.17, 15) is 0 Å². The van der Waals surface area contributed by atoms with Crippen molar-refractivity contribution in [2.75, 3.05) is 26.3 Å². The Balaban J connectivity index is 1.91. The smallest absolute Gasteiger partial charge is 0.0506 e. The van der Waals surface area contributed by atoms with E-state index in [2.05, 4.69) is 12.2 Å². The molecule has 0 saturated carbocycles. The van der Waals surface area contributed by atoms with Gasteiger partial charge in [0, 0.05) is 13.2 Å². The molecule has 0 aromatic heterocycles. The second-order valence-corrected chi connectivity index (χ2v) is 3.64. The molecule has 1 aliphatic heterocycles. The van der Waals surface area contributed by atoms with Crippen molar-refractivity contribution < 1.29 is 4.74 Å². The van der Waals surface area contributed by atoms with Gasteiger partial charge < -0.3 is 10.1 Å². The Bertz CT molecular complexity index is 100. The van der Waals surface area contributed by atoms with Crippen LogP contribution in [0.2, 0.25) is 0 Å². The molecule has 0 aliphatic carbocycles. The first-order valence-electron chi connectivity index (χ1n) is 5.22. The zero-order chi connectivity index (χ0) is 8.65. The van der Waals surface area contributed by atoms with Crippen molar-refractivity contribution in [2.24, 2.45) is 5.92 Å². The fraction of sp³-hybridized carbons (Fsp3) is 1.00. The van der Waals surface area contributed by atoms with Crippen molar-refractivity contribution in [3.05, 3.63) is 0 Å². The maximum Gasteiger partial charge on any atom is 0.0506 e. The molecule has 2 nitrogen and oxygen atoms in total. The summed E-state index contributed by atoms with van der Waals surface area (Å²) in [5.41, 5.74) is 0. The van der Waals surface area contributed by atoms with Gasteiger partial charge in [-0.3, -0.25) is 0 Å². The molecular weight excluding hydrogens is 150 g/mol. The van der Waals surface area contributed by atoms with Crippen molar-refractivity contribution in [1.29, 1.82) is 0 Å².